The molecule has 9 nitrogen and oxygen atoms in total. The average molecular weight is 464 g/mol. The first kappa shape index (κ1) is 23.0. The van der Waals surface area contributed by atoms with E-state index in [2.05, 4.69) is 9.97 Å². The second kappa shape index (κ2) is 8.97. The molecule has 0 saturated heterocycles. The zero-order valence-corrected chi connectivity index (χ0v) is 19.2. The molecule has 2 aromatic heterocycles. The first-order valence-corrected chi connectivity index (χ1v) is 10.6. The molecule has 10 heteroatoms. The Kier molecular flexibility index (Phi) is 6.06. The van der Waals surface area contributed by atoms with Crippen LogP contribution in [0.5, 0.6) is 0 Å². The van der Waals surface area contributed by atoms with Crippen molar-refractivity contribution in [3.05, 3.63) is 60.5 Å². The average Bonchev–Trinajstić information content (AvgIpc) is 3.24. The molecular formula is C24H26FN7O2. The van der Waals surface area contributed by atoms with Gasteiger partial charge in [0, 0.05) is 12.5 Å². The number of methoxy groups -OCH3 is 1. The van der Waals surface area contributed by atoms with E-state index in [4.69, 9.17) is 21.3 Å². The predicted octanol–water partition coefficient (Wildman–Crippen LogP) is 4.19. The number of benzene rings is 1. The van der Waals surface area contributed by atoms with Crippen LogP contribution in [0.3, 0.4) is 0 Å². The Balaban J connectivity index is 1.79. The number of carbonyl (C=O) groups excluding carboxylic acids is 1. The van der Waals surface area contributed by atoms with E-state index in [1.165, 1.54) is 20.2 Å². The molecule has 0 aliphatic heterocycles. The minimum absolute atomic E-state index is 0.00423. The molecule has 0 radical (unpaired) electrons. The fourth-order valence-electron chi connectivity index (χ4n) is 3.91. The number of hydrogen-bond donors (Lipinski definition) is 2. The van der Waals surface area contributed by atoms with Gasteiger partial charge in [0.2, 0.25) is 0 Å². The summed E-state index contributed by atoms with van der Waals surface area (Å²) in [4.78, 5) is 21.7. The maximum absolute atomic E-state index is 14.8. The Bertz CT molecular complexity index is 1260. The highest BCUT2D eigenvalue weighted by Gasteiger charge is 2.32. The molecule has 4 N–H and O–H groups in total. The Morgan fingerprint density at radius 1 is 1.24 bits per heavy atom. The highest BCUT2D eigenvalue weighted by atomic mass is 19.1. The number of halogens is 1. The molecule has 34 heavy (non-hydrogen) atoms. The number of allylic oxidation sites excluding steroid dienone is 4. The van der Waals surface area contributed by atoms with E-state index < -0.39 is 11.5 Å². The van der Waals surface area contributed by atoms with E-state index in [-0.39, 0.29) is 29.0 Å². The van der Waals surface area contributed by atoms with Crippen LogP contribution >= 0.6 is 0 Å². The van der Waals surface area contributed by atoms with Crippen LogP contribution in [0.2, 0.25) is 0 Å². The van der Waals surface area contributed by atoms with Crippen LogP contribution < -0.4 is 16.4 Å². The van der Waals surface area contributed by atoms with E-state index in [1.807, 2.05) is 49.4 Å². The molecule has 1 aliphatic carbocycles. The van der Waals surface area contributed by atoms with Crippen molar-refractivity contribution in [2.24, 2.45) is 5.41 Å². The van der Waals surface area contributed by atoms with E-state index in [0.29, 0.717) is 18.7 Å². The van der Waals surface area contributed by atoms with E-state index in [0.717, 1.165) is 16.2 Å². The van der Waals surface area contributed by atoms with Gasteiger partial charge in [-0.05, 0) is 24.1 Å². The summed E-state index contributed by atoms with van der Waals surface area (Å²) < 4.78 is 21.2. The number of hydrogen-bond acceptors (Lipinski definition) is 7. The highest BCUT2D eigenvalue weighted by molar-refractivity contribution is 5.94. The first-order chi connectivity index (χ1) is 16.2. The monoisotopic (exact) mass is 463 g/mol. The number of rotatable bonds is 5. The van der Waals surface area contributed by atoms with E-state index in [9.17, 15) is 9.18 Å². The van der Waals surface area contributed by atoms with Crippen molar-refractivity contribution >= 4 is 23.4 Å². The van der Waals surface area contributed by atoms with Gasteiger partial charge in [-0.2, -0.15) is 5.10 Å². The molecule has 176 valence electrons. The lowest BCUT2D eigenvalue weighted by Crippen LogP contribution is -2.28. The standard InChI is InChI=1S/C24H26FN7O2/c1-24(12-8-7-11-18(24)25)14-32-17(15-9-5-4-6-10-15)13-16(30-32)22-28-20(26)19(21(27)29-22)31(2)23(33)34-3/h4-11,13H,12,14H2,1-3H3,(H4,26,27,28,29). The second-order valence-electron chi connectivity index (χ2n) is 8.34. The van der Waals surface area contributed by atoms with Crippen LogP contribution in [0.25, 0.3) is 22.8 Å². The van der Waals surface area contributed by atoms with Crippen molar-refractivity contribution < 1.29 is 13.9 Å². The normalized spacial score (nSPS) is 17.4. The van der Waals surface area contributed by atoms with Crippen LogP contribution in [0.15, 0.2) is 60.5 Å². The lowest BCUT2D eigenvalue weighted by molar-refractivity contribution is 0.180. The summed E-state index contributed by atoms with van der Waals surface area (Å²) in [6, 6.07) is 11.5. The van der Waals surface area contributed by atoms with Gasteiger partial charge in [-0.25, -0.2) is 19.2 Å². The van der Waals surface area contributed by atoms with Crippen molar-refractivity contribution in [1.29, 1.82) is 0 Å². The van der Waals surface area contributed by atoms with Crippen LogP contribution in [-0.2, 0) is 11.3 Å². The summed E-state index contributed by atoms with van der Waals surface area (Å²) in [5.41, 5.74) is 13.7. The van der Waals surface area contributed by atoms with Crippen molar-refractivity contribution in [3.63, 3.8) is 0 Å². The van der Waals surface area contributed by atoms with Crippen molar-refractivity contribution in [3.8, 4) is 22.8 Å². The number of nitrogens with two attached hydrogens (primary N) is 2. The minimum atomic E-state index is -0.742. The third kappa shape index (κ3) is 4.21. The fourth-order valence-corrected chi connectivity index (χ4v) is 3.91. The quantitative estimate of drug-likeness (QED) is 0.581. The zero-order chi connectivity index (χ0) is 24.5. The van der Waals surface area contributed by atoms with Crippen LogP contribution in [0, 0.1) is 5.41 Å². The SMILES string of the molecule is COC(=O)N(C)c1c(N)nc(-c2cc(-c3ccccc3)n(CC3(C)CC=CC=C3F)n2)nc1N. The van der Waals surface area contributed by atoms with Gasteiger partial charge in [-0.15, -0.1) is 0 Å². The third-order valence-electron chi connectivity index (χ3n) is 5.82. The molecule has 0 saturated carbocycles. The summed E-state index contributed by atoms with van der Waals surface area (Å²) in [7, 11) is 2.71. The maximum atomic E-state index is 14.8. The molecule has 0 spiro atoms. The van der Waals surface area contributed by atoms with Gasteiger partial charge in [0.1, 0.15) is 17.2 Å². The Labute approximate surface area is 196 Å². The Morgan fingerprint density at radius 2 is 1.91 bits per heavy atom. The third-order valence-corrected chi connectivity index (χ3v) is 5.82. The largest absolute Gasteiger partial charge is 0.452 e. The Hall–Kier alpha value is -4.21. The summed E-state index contributed by atoms with van der Waals surface area (Å²) in [5, 5.41) is 4.70. The molecule has 1 aliphatic rings. The molecule has 1 atom stereocenters. The van der Waals surface area contributed by atoms with Gasteiger partial charge >= 0.3 is 6.09 Å². The van der Waals surface area contributed by atoms with Gasteiger partial charge < -0.3 is 16.2 Å². The van der Waals surface area contributed by atoms with Gasteiger partial charge in [-0.3, -0.25) is 9.58 Å². The predicted molar refractivity (Wildman–Crippen MR) is 129 cm³/mol. The molecule has 0 fully saturated rings. The minimum Gasteiger partial charge on any atom is -0.452 e. The van der Waals surface area contributed by atoms with Gasteiger partial charge in [0.25, 0.3) is 0 Å². The molecule has 1 unspecified atom stereocenters. The van der Waals surface area contributed by atoms with Gasteiger partial charge in [0.05, 0.1) is 19.3 Å². The van der Waals surface area contributed by atoms with Crippen molar-refractivity contribution in [2.75, 3.05) is 30.5 Å². The highest BCUT2D eigenvalue weighted by Crippen LogP contribution is 2.39. The molecule has 2 heterocycles. The number of amides is 1. The number of anilines is 3. The summed E-state index contributed by atoms with van der Waals surface area (Å²) in [6.45, 7) is 2.17. The Morgan fingerprint density at radius 3 is 2.53 bits per heavy atom. The molecule has 0 bridgehead atoms. The summed E-state index contributed by atoms with van der Waals surface area (Å²) >= 11 is 0. The van der Waals surface area contributed by atoms with Crippen LogP contribution in [-0.4, -0.2) is 40.0 Å². The number of nitrogen functional groups attached to an aromatic ring is 2. The molecule has 1 aromatic carbocycles. The lowest BCUT2D eigenvalue weighted by atomic mass is 9.82. The smallest absolute Gasteiger partial charge is 0.413 e. The second-order valence-corrected chi connectivity index (χ2v) is 8.34. The van der Waals surface area contributed by atoms with Crippen molar-refractivity contribution in [1.82, 2.24) is 19.7 Å². The van der Waals surface area contributed by atoms with Crippen LogP contribution in [0.4, 0.5) is 26.5 Å². The topological polar surface area (TPSA) is 125 Å². The molecule has 1 amide bonds. The number of aromatic nitrogens is 4. The number of nitrogens with zero attached hydrogens (tertiary/aromatic N) is 5. The van der Waals surface area contributed by atoms with Crippen LogP contribution in [0.1, 0.15) is 13.3 Å². The van der Waals surface area contributed by atoms with E-state index in [1.54, 1.807) is 10.8 Å². The molecule has 3 aromatic rings. The van der Waals surface area contributed by atoms with E-state index >= 15 is 0 Å². The lowest BCUT2D eigenvalue weighted by Gasteiger charge is -2.29. The fraction of sp³-hybridized carbons (Fsp3) is 0.250. The summed E-state index contributed by atoms with van der Waals surface area (Å²) in [6.07, 6.45) is 5.03. The van der Waals surface area contributed by atoms with Gasteiger partial charge in [-0.1, -0.05) is 49.4 Å². The van der Waals surface area contributed by atoms with Gasteiger partial charge in [0.15, 0.2) is 17.5 Å². The maximum Gasteiger partial charge on any atom is 0.413 e. The zero-order valence-electron chi connectivity index (χ0n) is 19.2. The number of ether oxygens (including phenoxy) is 1. The molecular weight excluding hydrogens is 437 g/mol. The summed E-state index contributed by atoms with van der Waals surface area (Å²) in [5.74, 6) is -0.00204. The number of carbonyl (C=O) groups is 1. The van der Waals surface area contributed by atoms with Crippen molar-refractivity contribution in [2.45, 2.75) is 19.9 Å². The first-order valence-electron chi connectivity index (χ1n) is 10.6. The molecule has 4 rings (SSSR count).